The van der Waals surface area contributed by atoms with Crippen LogP contribution in [0, 0.1) is 0 Å². The summed E-state index contributed by atoms with van der Waals surface area (Å²) in [5.41, 5.74) is 0. The third kappa shape index (κ3) is 38.0. The minimum Gasteiger partial charge on any atom is -0.466 e. The molecule has 0 heterocycles. The van der Waals surface area contributed by atoms with Gasteiger partial charge in [-0.2, -0.15) is 0 Å². The van der Waals surface area contributed by atoms with Gasteiger partial charge in [0.25, 0.3) is 0 Å². The van der Waals surface area contributed by atoms with Crippen molar-refractivity contribution >= 4 is 11.9 Å². The van der Waals surface area contributed by atoms with Crippen LogP contribution in [0.2, 0.25) is 0 Å². The maximum Gasteiger partial charge on any atom is 0.302 e. The van der Waals surface area contributed by atoms with E-state index in [1.807, 2.05) is 0 Å². The first-order chi connectivity index (χ1) is 16.0. The van der Waals surface area contributed by atoms with Crippen LogP contribution >= 0.6 is 0 Å². The molecule has 0 aliphatic rings. The first-order valence-corrected chi connectivity index (χ1v) is 13.6. The number of hydrogen-bond acceptors (Lipinski definition) is 4. The van der Waals surface area contributed by atoms with Crippen LogP contribution in [0.15, 0.2) is 24.3 Å². The fraction of sp³-hybridized carbons (Fsp3) is 0.793. The van der Waals surface area contributed by atoms with Gasteiger partial charge in [-0.25, -0.2) is 0 Å². The molecule has 0 saturated heterocycles. The molecule has 0 atom stereocenters. The first-order valence-electron chi connectivity index (χ1n) is 13.6. The Morgan fingerprint density at radius 1 is 0.485 bits per heavy atom. The molecule has 0 amide bonds. The zero-order valence-corrected chi connectivity index (χ0v) is 22.4. The molecule has 0 aromatic carbocycles. The van der Waals surface area contributed by atoms with Crippen LogP contribution in [0.4, 0.5) is 0 Å². The van der Waals surface area contributed by atoms with Crippen molar-refractivity contribution < 1.29 is 19.1 Å². The molecule has 0 rings (SSSR count). The van der Waals surface area contributed by atoms with E-state index in [0.29, 0.717) is 13.2 Å². The highest BCUT2D eigenvalue weighted by Gasteiger charge is 1.93. The van der Waals surface area contributed by atoms with Crippen LogP contribution in [0.25, 0.3) is 0 Å². The third-order valence-corrected chi connectivity index (χ3v) is 5.17. The molecule has 4 heteroatoms. The Kier molecular flexibility index (Phi) is 31.0. The normalized spacial score (nSPS) is 10.9. The summed E-state index contributed by atoms with van der Waals surface area (Å²) in [5, 5.41) is 0. The van der Waals surface area contributed by atoms with Gasteiger partial charge in [-0.15, -0.1) is 0 Å². The van der Waals surface area contributed by atoms with E-state index in [9.17, 15) is 9.59 Å². The quantitative estimate of drug-likeness (QED) is 0.0962. The number of ether oxygens (including phenoxy) is 2. The molecular weight excluding hydrogens is 412 g/mol. The summed E-state index contributed by atoms with van der Waals surface area (Å²) in [4.78, 5) is 20.9. The fourth-order valence-electron chi connectivity index (χ4n) is 3.20. The molecule has 0 fully saturated rings. The van der Waals surface area contributed by atoms with Gasteiger partial charge in [0.15, 0.2) is 0 Å². The molecule has 4 nitrogen and oxygen atoms in total. The van der Waals surface area contributed by atoms with Gasteiger partial charge in [0.2, 0.25) is 0 Å². The first kappa shape index (κ1) is 33.6. The van der Waals surface area contributed by atoms with Gasteiger partial charge in [-0.05, 0) is 57.8 Å². The van der Waals surface area contributed by atoms with Crippen molar-refractivity contribution in [2.75, 3.05) is 13.2 Å². The average Bonchev–Trinajstić information content (AvgIpc) is 2.78. The number of esters is 2. The summed E-state index contributed by atoms with van der Waals surface area (Å²) in [7, 11) is 0. The lowest BCUT2D eigenvalue weighted by atomic mass is 10.1. The van der Waals surface area contributed by atoms with Gasteiger partial charge in [-0.1, -0.05) is 89.5 Å². The third-order valence-electron chi connectivity index (χ3n) is 5.17. The zero-order chi connectivity index (χ0) is 24.8. The van der Waals surface area contributed by atoms with E-state index in [2.05, 4.69) is 38.2 Å². The minimum absolute atomic E-state index is 0.163. The molecule has 0 spiro atoms. The predicted molar refractivity (Wildman–Crippen MR) is 141 cm³/mol. The zero-order valence-electron chi connectivity index (χ0n) is 22.4. The lowest BCUT2D eigenvalue weighted by Crippen LogP contribution is -1.99. The second-order valence-corrected chi connectivity index (χ2v) is 8.67. The number of hydrogen-bond donors (Lipinski definition) is 0. The van der Waals surface area contributed by atoms with Crippen LogP contribution in [0.5, 0.6) is 0 Å². The van der Waals surface area contributed by atoms with Crippen LogP contribution in [0.3, 0.4) is 0 Å². The Balaban J connectivity index is 0. The molecule has 33 heavy (non-hydrogen) atoms. The molecule has 0 aliphatic heterocycles. The summed E-state index contributed by atoms with van der Waals surface area (Å²) >= 11 is 0. The highest BCUT2D eigenvalue weighted by molar-refractivity contribution is 5.66. The van der Waals surface area contributed by atoms with E-state index in [0.717, 1.165) is 19.3 Å². The van der Waals surface area contributed by atoms with E-state index in [-0.39, 0.29) is 11.9 Å². The SMILES string of the molecule is CCCCC/C=C\CCCOC(C)=O.CCCCCC/C=C\CCCCCCCOC(C)=O. The molecule has 0 radical (unpaired) electrons. The number of allylic oxidation sites excluding steroid dienone is 4. The Labute approximate surface area is 205 Å². The number of unbranched alkanes of at least 4 members (excludes halogenated alkanes) is 13. The van der Waals surface area contributed by atoms with Crippen molar-refractivity contribution in [3.63, 3.8) is 0 Å². The number of carbonyl (C=O) groups excluding carboxylic acids is 2. The fourth-order valence-corrected chi connectivity index (χ4v) is 3.20. The van der Waals surface area contributed by atoms with Crippen LogP contribution in [-0.2, 0) is 19.1 Å². The minimum atomic E-state index is -0.183. The lowest BCUT2D eigenvalue weighted by Gasteiger charge is -2.01. The van der Waals surface area contributed by atoms with Gasteiger partial charge in [-0.3, -0.25) is 9.59 Å². The maximum atomic E-state index is 10.5. The molecule has 0 N–H and O–H groups in total. The Morgan fingerprint density at radius 2 is 0.818 bits per heavy atom. The van der Waals surface area contributed by atoms with E-state index < -0.39 is 0 Å². The van der Waals surface area contributed by atoms with Crippen molar-refractivity contribution in [1.82, 2.24) is 0 Å². The van der Waals surface area contributed by atoms with Crippen molar-refractivity contribution in [1.29, 1.82) is 0 Å². The van der Waals surface area contributed by atoms with Crippen LogP contribution < -0.4 is 0 Å². The van der Waals surface area contributed by atoms with Gasteiger partial charge in [0.05, 0.1) is 13.2 Å². The Bertz CT molecular complexity index is 468. The molecular formula is C29H54O4. The van der Waals surface area contributed by atoms with Gasteiger partial charge >= 0.3 is 11.9 Å². The second kappa shape index (κ2) is 30.4. The van der Waals surface area contributed by atoms with Crippen molar-refractivity contribution in [2.45, 2.75) is 137 Å². The molecule has 0 aromatic heterocycles. The smallest absolute Gasteiger partial charge is 0.302 e. The van der Waals surface area contributed by atoms with Crippen molar-refractivity contribution in [3.05, 3.63) is 24.3 Å². The van der Waals surface area contributed by atoms with E-state index >= 15 is 0 Å². The Hall–Kier alpha value is -1.58. The Morgan fingerprint density at radius 3 is 1.30 bits per heavy atom. The summed E-state index contributed by atoms with van der Waals surface area (Å²) in [5.74, 6) is -0.346. The molecule has 0 bridgehead atoms. The topological polar surface area (TPSA) is 52.6 Å². The van der Waals surface area contributed by atoms with Crippen LogP contribution in [-0.4, -0.2) is 25.2 Å². The predicted octanol–water partition coefficient (Wildman–Crippen LogP) is 8.88. The monoisotopic (exact) mass is 466 g/mol. The molecule has 194 valence electrons. The summed E-state index contributed by atoms with van der Waals surface area (Å²) in [6.07, 6.45) is 30.0. The number of rotatable bonds is 21. The van der Waals surface area contributed by atoms with Crippen molar-refractivity contribution in [3.8, 4) is 0 Å². The summed E-state index contributed by atoms with van der Waals surface area (Å²) in [6.45, 7) is 8.52. The second-order valence-electron chi connectivity index (χ2n) is 8.67. The van der Waals surface area contributed by atoms with Gasteiger partial charge in [0.1, 0.15) is 0 Å². The van der Waals surface area contributed by atoms with Crippen molar-refractivity contribution in [2.24, 2.45) is 0 Å². The molecule has 0 unspecified atom stereocenters. The summed E-state index contributed by atoms with van der Waals surface area (Å²) < 4.78 is 9.71. The van der Waals surface area contributed by atoms with E-state index in [1.165, 1.54) is 104 Å². The lowest BCUT2D eigenvalue weighted by molar-refractivity contribution is -0.142. The van der Waals surface area contributed by atoms with E-state index in [4.69, 9.17) is 9.47 Å². The van der Waals surface area contributed by atoms with Gasteiger partial charge < -0.3 is 9.47 Å². The molecule has 0 aliphatic carbocycles. The molecule has 0 saturated carbocycles. The number of carbonyl (C=O) groups is 2. The van der Waals surface area contributed by atoms with Crippen LogP contribution in [0.1, 0.15) is 137 Å². The van der Waals surface area contributed by atoms with E-state index in [1.54, 1.807) is 0 Å². The average molecular weight is 467 g/mol. The maximum absolute atomic E-state index is 10.5. The van der Waals surface area contributed by atoms with Gasteiger partial charge in [0, 0.05) is 13.8 Å². The summed E-state index contributed by atoms with van der Waals surface area (Å²) in [6, 6.07) is 0. The highest BCUT2D eigenvalue weighted by Crippen LogP contribution is 2.08. The highest BCUT2D eigenvalue weighted by atomic mass is 16.5. The largest absolute Gasteiger partial charge is 0.466 e. The molecule has 0 aromatic rings. The standard InChI is InChI=1S/C17H32O2.C12H22O2/c1-3-4-5-6-7-8-9-10-11-12-13-14-15-16-19-17(2)18;1-3-4-5-6-7-8-9-10-11-14-12(2)13/h8-9H,3-7,10-16H2,1-2H3;7-8H,3-6,9-11H2,1-2H3/b9-8-;8-7-.